The number of nitrogens with one attached hydrogen (secondary N) is 1. The third-order valence-electron chi connectivity index (χ3n) is 4.19. The van der Waals surface area contributed by atoms with Crippen molar-refractivity contribution < 1.29 is 14.6 Å². The van der Waals surface area contributed by atoms with Crippen LogP contribution >= 0.6 is 0 Å². The lowest BCUT2D eigenvalue weighted by Gasteiger charge is -2.34. The second-order valence-electron chi connectivity index (χ2n) is 6.57. The van der Waals surface area contributed by atoms with Crippen molar-refractivity contribution in [2.24, 2.45) is 5.92 Å². The van der Waals surface area contributed by atoms with Crippen molar-refractivity contribution in [2.75, 3.05) is 19.6 Å². The van der Waals surface area contributed by atoms with Gasteiger partial charge in [-0.2, -0.15) is 0 Å². The highest BCUT2D eigenvalue weighted by Gasteiger charge is 2.26. The molecule has 23 heavy (non-hydrogen) atoms. The van der Waals surface area contributed by atoms with E-state index in [4.69, 9.17) is 4.74 Å². The molecule has 1 fully saturated rings. The normalized spacial score (nSPS) is 21.3. The molecule has 0 aliphatic carbocycles. The molecule has 5 heteroatoms. The summed E-state index contributed by atoms with van der Waals surface area (Å²) >= 11 is 0. The molecule has 0 radical (unpaired) electrons. The van der Waals surface area contributed by atoms with Crippen LogP contribution in [0.5, 0.6) is 5.75 Å². The minimum Gasteiger partial charge on any atom is -0.491 e. The molecule has 1 aromatic carbocycles. The molecule has 1 saturated heterocycles. The number of aliphatic hydroxyl groups is 1. The number of amides is 2. The van der Waals surface area contributed by atoms with Crippen LogP contribution in [0.25, 0.3) is 0 Å². The van der Waals surface area contributed by atoms with Gasteiger partial charge in [-0.05, 0) is 50.3 Å². The zero-order valence-electron chi connectivity index (χ0n) is 14.3. The fourth-order valence-corrected chi connectivity index (χ4v) is 2.67. The molecule has 2 rings (SSSR count). The number of likely N-dealkylation sites (tertiary alicyclic amines) is 1. The Bertz CT molecular complexity index is 501. The lowest BCUT2D eigenvalue weighted by Crippen LogP contribution is -2.49. The fraction of sp³-hybridized carbons (Fsp3) is 0.611. The largest absolute Gasteiger partial charge is 0.491 e. The molecule has 5 nitrogen and oxygen atoms in total. The highest BCUT2D eigenvalue weighted by atomic mass is 16.5. The number of ether oxygens (including phenoxy) is 1. The molecule has 1 aliphatic heterocycles. The minimum absolute atomic E-state index is 0.0873. The fourth-order valence-electron chi connectivity index (χ4n) is 2.67. The Morgan fingerprint density at radius 2 is 2.09 bits per heavy atom. The lowest BCUT2D eigenvalue weighted by atomic mass is 9.96. The summed E-state index contributed by atoms with van der Waals surface area (Å²) in [5, 5.41) is 12.8. The van der Waals surface area contributed by atoms with Crippen LogP contribution in [-0.4, -0.2) is 47.9 Å². The molecule has 0 saturated carbocycles. The zero-order chi connectivity index (χ0) is 16.8. The Balaban J connectivity index is 1.73. The number of piperidine rings is 1. The molecule has 2 unspecified atom stereocenters. The average molecular weight is 320 g/mol. The molecule has 128 valence electrons. The topological polar surface area (TPSA) is 61.8 Å². The SMILES string of the molecule is CC(C)Oc1ccc(CCNC(=O)N2CCC(C)C(O)C2)cc1. The molecular weight excluding hydrogens is 292 g/mol. The van der Waals surface area contributed by atoms with E-state index in [9.17, 15) is 9.90 Å². The van der Waals surface area contributed by atoms with Crippen LogP contribution in [0.1, 0.15) is 32.8 Å². The Morgan fingerprint density at radius 3 is 2.70 bits per heavy atom. The highest BCUT2D eigenvalue weighted by molar-refractivity contribution is 5.74. The maximum atomic E-state index is 12.1. The maximum absolute atomic E-state index is 12.1. The Hall–Kier alpha value is -1.75. The van der Waals surface area contributed by atoms with Gasteiger partial charge in [0.1, 0.15) is 5.75 Å². The number of carbonyl (C=O) groups excluding carboxylic acids is 1. The molecule has 0 spiro atoms. The summed E-state index contributed by atoms with van der Waals surface area (Å²) in [5.41, 5.74) is 1.16. The first-order valence-corrected chi connectivity index (χ1v) is 8.42. The van der Waals surface area contributed by atoms with Crippen molar-refractivity contribution >= 4 is 6.03 Å². The number of aliphatic hydroxyl groups excluding tert-OH is 1. The predicted octanol–water partition coefficient (Wildman–Crippen LogP) is 2.43. The molecule has 2 N–H and O–H groups in total. The maximum Gasteiger partial charge on any atom is 0.317 e. The van der Waals surface area contributed by atoms with Crippen molar-refractivity contribution in [3.63, 3.8) is 0 Å². The first-order valence-electron chi connectivity index (χ1n) is 8.42. The first kappa shape index (κ1) is 17.6. The summed E-state index contributed by atoms with van der Waals surface area (Å²) in [5.74, 6) is 1.13. The smallest absolute Gasteiger partial charge is 0.317 e. The number of hydrogen-bond donors (Lipinski definition) is 2. The molecule has 0 aromatic heterocycles. The van der Waals surface area contributed by atoms with Crippen LogP contribution in [0.15, 0.2) is 24.3 Å². The summed E-state index contributed by atoms with van der Waals surface area (Å²) in [7, 11) is 0. The summed E-state index contributed by atoms with van der Waals surface area (Å²) in [4.78, 5) is 13.8. The quantitative estimate of drug-likeness (QED) is 0.876. The van der Waals surface area contributed by atoms with Gasteiger partial charge in [0.05, 0.1) is 12.2 Å². The first-order chi connectivity index (χ1) is 11.0. The van der Waals surface area contributed by atoms with E-state index in [2.05, 4.69) is 5.32 Å². The summed E-state index contributed by atoms with van der Waals surface area (Å²) in [6, 6.07) is 7.88. The summed E-state index contributed by atoms with van der Waals surface area (Å²) in [6.45, 7) is 7.75. The Morgan fingerprint density at radius 1 is 1.39 bits per heavy atom. The van der Waals surface area contributed by atoms with Crippen molar-refractivity contribution in [1.82, 2.24) is 10.2 Å². The van der Waals surface area contributed by atoms with Gasteiger partial charge in [-0.15, -0.1) is 0 Å². The third-order valence-corrected chi connectivity index (χ3v) is 4.19. The monoisotopic (exact) mass is 320 g/mol. The van der Waals surface area contributed by atoms with E-state index in [1.54, 1.807) is 4.90 Å². The minimum atomic E-state index is -0.414. The van der Waals surface area contributed by atoms with Gasteiger partial charge in [-0.25, -0.2) is 4.79 Å². The van der Waals surface area contributed by atoms with Crippen LogP contribution in [-0.2, 0) is 6.42 Å². The third kappa shape index (κ3) is 5.43. The van der Waals surface area contributed by atoms with Gasteiger partial charge in [0.15, 0.2) is 0 Å². The molecule has 2 atom stereocenters. The van der Waals surface area contributed by atoms with E-state index < -0.39 is 6.10 Å². The zero-order valence-corrected chi connectivity index (χ0v) is 14.3. The van der Waals surface area contributed by atoms with Crippen LogP contribution in [0.2, 0.25) is 0 Å². The number of nitrogens with zero attached hydrogens (tertiary/aromatic N) is 1. The van der Waals surface area contributed by atoms with Gasteiger partial charge < -0.3 is 20.1 Å². The van der Waals surface area contributed by atoms with Crippen molar-refractivity contribution in [1.29, 1.82) is 0 Å². The molecule has 0 bridgehead atoms. The second kappa shape index (κ2) is 8.20. The van der Waals surface area contributed by atoms with Crippen molar-refractivity contribution in [3.8, 4) is 5.75 Å². The summed E-state index contributed by atoms with van der Waals surface area (Å²) in [6.07, 6.45) is 1.39. The van der Waals surface area contributed by atoms with E-state index in [1.165, 1.54) is 0 Å². The second-order valence-corrected chi connectivity index (χ2v) is 6.57. The number of carbonyl (C=O) groups is 1. The molecule has 2 amide bonds. The van der Waals surface area contributed by atoms with Crippen molar-refractivity contribution in [3.05, 3.63) is 29.8 Å². The Kier molecular flexibility index (Phi) is 6.28. The van der Waals surface area contributed by atoms with E-state index >= 15 is 0 Å². The van der Waals surface area contributed by atoms with Crippen molar-refractivity contribution in [2.45, 2.75) is 45.8 Å². The number of hydrogen-bond acceptors (Lipinski definition) is 3. The molecule has 1 heterocycles. The number of urea groups is 1. The summed E-state index contributed by atoms with van der Waals surface area (Å²) < 4.78 is 5.61. The van der Waals surface area contributed by atoms with E-state index in [0.29, 0.717) is 19.6 Å². The Labute approximate surface area is 138 Å². The van der Waals surface area contributed by atoms with Gasteiger partial charge in [0, 0.05) is 19.6 Å². The van der Waals surface area contributed by atoms with E-state index in [-0.39, 0.29) is 18.1 Å². The van der Waals surface area contributed by atoms with E-state index in [1.807, 2.05) is 45.0 Å². The van der Waals surface area contributed by atoms with E-state index in [0.717, 1.165) is 24.2 Å². The highest BCUT2D eigenvalue weighted by Crippen LogP contribution is 2.17. The van der Waals surface area contributed by atoms with Gasteiger partial charge in [-0.3, -0.25) is 0 Å². The number of benzene rings is 1. The number of β-amino-alcohol motifs (C(OH)–C–C–N with tert-alkyl or cyclic N) is 1. The van der Waals surface area contributed by atoms with Gasteiger partial charge >= 0.3 is 6.03 Å². The molecular formula is C18H28N2O3. The van der Waals surface area contributed by atoms with Gasteiger partial charge in [0.25, 0.3) is 0 Å². The molecule has 1 aromatic rings. The average Bonchev–Trinajstić information content (AvgIpc) is 2.51. The van der Waals surface area contributed by atoms with Crippen LogP contribution in [0, 0.1) is 5.92 Å². The lowest BCUT2D eigenvalue weighted by molar-refractivity contribution is 0.0436. The predicted molar refractivity (Wildman–Crippen MR) is 90.7 cm³/mol. The molecule has 1 aliphatic rings. The van der Waals surface area contributed by atoms with Gasteiger partial charge in [0.2, 0.25) is 0 Å². The number of rotatable bonds is 5. The van der Waals surface area contributed by atoms with Crippen LogP contribution in [0.3, 0.4) is 0 Å². The standard InChI is InChI=1S/C18H28N2O3/c1-13(2)23-16-6-4-15(5-7-16)8-10-19-18(22)20-11-9-14(3)17(21)12-20/h4-7,13-14,17,21H,8-12H2,1-3H3,(H,19,22). The van der Waals surface area contributed by atoms with Crippen LogP contribution < -0.4 is 10.1 Å². The van der Waals surface area contributed by atoms with Crippen LogP contribution in [0.4, 0.5) is 4.79 Å². The van der Waals surface area contributed by atoms with Gasteiger partial charge in [-0.1, -0.05) is 19.1 Å².